The van der Waals surface area contributed by atoms with E-state index in [1.807, 2.05) is 24.3 Å². The Morgan fingerprint density at radius 1 is 1.22 bits per heavy atom. The SMILES string of the molecule is CC(C)c1ccc(OCC(O)CN2C(=O)NC(C)(C)C2=O)cc1. The van der Waals surface area contributed by atoms with E-state index in [2.05, 4.69) is 19.2 Å². The number of rotatable bonds is 6. The summed E-state index contributed by atoms with van der Waals surface area (Å²) in [5.41, 5.74) is 0.282. The number of carbonyl (C=O) groups excluding carboxylic acids is 2. The highest BCUT2D eigenvalue weighted by atomic mass is 16.5. The summed E-state index contributed by atoms with van der Waals surface area (Å²) in [6.45, 7) is 7.41. The Labute approximate surface area is 136 Å². The standard InChI is InChI=1S/C17H24N2O4/c1-11(2)12-5-7-14(8-6-12)23-10-13(20)9-19-15(21)17(3,4)18-16(19)22/h5-8,11,13,20H,9-10H2,1-4H3,(H,18,22). The summed E-state index contributed by atoms with van der Waals surface area (Å²) in [7, 11) is 0. The van der Waals surface area contributed by atoms with Gasteiger partial charge < -0.3 is 15.2 Å². The number of urea groups is 1. The molecule has 3 amide bonds. The van der Waals surface area contributed by atoms with Crippen molar-refractivity contribution in [1.82, 2.24) is 10.2 Å². The van der Waals surface area contributed by atoms with Crippen molar-refractivity contribution in [3.05, 3.63) is 29.8 Å². The van der Waals surface area contributed by atoms with Crippen molar-refractivity contribution in [2.75, 3.05) is 13.2 Å². The molecule has 0 radical (unpaired) electrons. The van der Waals surface area contributed by atoms with Crippen molar-refractivity contribution in [3.8, 4) is 5.75 Å². The molecule has 2 rings (SSSR count). The Morgan fingerprint density at radius 2 is 1.83 bits per heavy atom. The highest BCUT2D eigenvalue weighted by Gasteiger charge is 2.44. The van der Waals surface area contributed by atoms with Crippen LogP contribution < -0.4 is 10.1 Å². The van der Waals surface area contributed by atoms with Gasteiger partial charge in [0.05, 0.1) is 6.54 Å². The zero-order chi connectivity index (χ0) is 17.2. The van der Waals surface area contributed by atoms with Crippen LogP contribution in [-0.4, -0.2) is 46.7 Å². The van der Waals surface area contributed by atoms with Gasteiger partial charge in [0.1, 0.15) is 24.0 Å². The van der Waals surface area contributed by atoms with Gasteiger partial charge in [0.15, 0.2) is 0 Å². The Balaban J connectivity index is 1.87. The highest BCUT2D eigenvalue weighted by Crippen LogP contribution is 2.19. The summed E-state index contributed by atoms with van der Waals surface area (Å²) in [6.07, 6.45) is -0.941. The first kappa shape index (κ1) is 17.3. The van der Waals surface area contributed by atoms with Gasteiger partial charge >= 0.3 is 6.03 Å². The molecule has 1 aromatic carbocycles. The molecule has 0 saturated carbocycles. The van der Waals surface area contributed by atoms with Crippen LogP contribution in [0, 0.1) is 0 Å². The molecule has 2 N–H and O–H groups in total. The third kappa shape index (κ3) is 4.01. The monoisotopic (exact) mass is 320 g/mol. The quantitative estimate of drug-likeness (QED) is 0.785. The van der Waals surface area contributed by atoms with Crippen molar-refractivity contribution in [3.63, 3.8) is 0 Å². The molecule has 1 unspecified atom stereocenters. The largest absolute Gasteiger partial charge is 0.491 e. The lowest BCUT2D eigenvalue weighted by Crippen LogP contribution is -2.42. The number of hydrogen-bond acceptors (Lipinski definition) is 4. The second-order valence-corrected chi connectivity index (χ2v) is 6.66. The summed E-state index contributed by atoms with van der Waals surface area (Å²) in [6, 6.07) is 7.16. The van der Waals surface area contributed by atoms with E-state index in [1.54, 1.807) is 13.8 Å². The summed E-state index contributed by atoms with van der Waals surface area (Å²) < 4.78 is 5.52. The van der Waals surface area contributed by atoms with Crippen molar-refractivity contribution in [2.24, 2.45) is 0 Å². The summed E-state index contributed by atoms with van der Waals surface area (Å²) in [5.74, 6) is 0.742. The van der Waals surface area contributed by atoms with Crippen LogP contribution in [0.5, 0.6) is 5.75 Å². The molecule has 1 fully saturated rings. The molecule has 6 nitrogen and oxygen atoms in total. The lowest BCUT2D eigenvalue weighted by Gasteiger charge is -2.19. The van der Waals surface area contributed by atoms with Gasteiger partial charge in [-0.2, -0.15) is 0 Å². The first-order valence-corrected chi connectivity index (χ1v) is 7.75. The molecule has 0 aromatic heterocycles. The van der Waals surface area contributed by atoms with E-state index in [9.17, 15) is 14.7 Å². The third-order valence-corrected chi connectivity index (χ3v) is 3.83. The highest BCUT2D eigenvalue weighted by molar-refractivity contribution is 6.06. The van der Waals surface area contributed by atoms with Gasteiger partial charge in [0, 0.05) is 0 Å². The second-order valence-electron chi connectivity index (χ2n) is 6.66. The van der Waals surface area contributed by atoms with E-state index in [0.29, 0.717) is 11.7 Å². The van der Waals surface area contributed by atoms with Crippen LogP contribution in [0.4, 0.5) is 4.79 Å². The van der Waals surface area contributed by atoms with Crippen LogP contribution in [0.25, 0.3) is 0 Å². The molecule has 1 heterocycles. The van der Waals surface area contributed by atoms with Gasteiger partial charge in [-0.05, 0) is 37.5 Å². The molecule has 0 aliphatic carbocycles. The van der Waals surface area contributed by atoms with E-state index < -0.39 is 17.7 Å². The number of benzene rings is 1. The summed E-state index contributed by atoms with van der Waals surface area (Å²) >= 11 is 0. The van der Waals surface area contributed by atoms with Crippen molar-refractivity contribution >= 4 is 11.9 Å². The lowest BCUT2D eigenvalue weighted by atomic mass is 10.0. The molecule has 1 aromatic rings. The molecule has 1 aliphatic rings. The fourth-order valence-corrected chi connectivity index (χ4v) is 2.39. The molecule has 23 heavy (non-hydrogen) atoms. The fraction of sp³-hybridized carbons (Fsp3) is 0.529. The van der Waals surface area contributed by atoms with E-state index in [-0.39, 0.29) is 19.1 Å². The van der Waals surface area contributed by atoms with Crippen molar-refractivity contribution in [2.45, 2.75) is 45.3 Å². The van der Waals surface area contributed by atoms with Crippen molar-refractivity contribution in [1.29, 1.82) is 0 Å². The molecule has 6 heteroatoms. The van der Waals surface area contributed by atoms with Crippen molar-refractivity contribution < 1.29 is 19.4 Å². The number of hydrogen-bond donors (Lipinski definition) is 2. The van der Waals surface area contributed by atoms with E-state index in [0.717, 1.165) is 4.90 Å². The summed E-state index contributed by atoms with van der Waals surface area (Å²) in [4.78, 5) is 24.8. The van der Waals surface area contributed by atoms with Gasteiger partial charge in [-0.1, -0.05) is 26.0 Å². The van der Waals surface area contributed by atoms with Gasteiger partial charge in [-0.3, -0.25) is 9.69 Å². The Morgan fingerprint density at radius 3 is 2.30 bits per heavy atom. The van der Waals surface area contributed by atoms with Crippen LogP contribution >= 0.6 is 0 Å². The number of carbonyl (C=O) groups is 2. The van der Waals surface area contributed by atoms with Crippen LogP contribution in [0.15, 0.2) is 24.3 Å². The predicted octanol–water partition coefficient (Wildman–Crippen LogP) is 1.88. The first-order chi connectivity index (χ1) is 10.7. The number of imide groups is 1. The second kappa shape index (κ2) is 6.58. The third-order valence-electron chi connectivity index (χ3n) is 3.83. The number of aliphatic hydroxyl groups excluding tert-OH is 1. The van der Waals surface area contributed by atoms with E-state index >= 15 is 0 Å². The Kier molecular flexibility index (Phi) is 4.94. The smallest absolute Gasteiger partial charge is 0.325 e. The number of ether oxygens (including phenoxy) is 1. The predicted molar refractivity (Wildman–Crippen MR) is 86.4 cm³/mol. The summed E-state index contributed by atoms with van der Waals surface area (Å²) in [5, 5.41) is 12.6. The van der Waals surface area contributed by atoms with Gasteiger partial charge in [0.25, 0.3) is 5.91 Å². The molecule has 1 atom stereocenters. The average molecular weight is 320 g/mol. The zero-order valence-corrected chi connectivity index (χ0v) is 14.0. The first-order valence-electron chi connectivity index (χ1n) is 7.75. The Hall–Kier alpha value is -2.08. The minimum Gasteiger partial charge on any atom is -0.491 e. The molecule has 1 saturated heterocycles. The average Bonchev–Trinajstić information content (AvgIpc) is 2.67. The zero-order valence-electron chi connectivity index (χ0n) is 14.0. The molecule has 0 bridgehead atoms. The van der Waals surface area contributed by atoms with Crippen LogP contribution in [-0.2, 0) is 4.79 Å². The number of nitrogens with zero attached hydrogens (tertiary/aromatic N) is 1. The minimum absolute atomic E-state index is 0.0124. The molecule has 0 spiro atoms. The van der Waals surface area contributed by atoms with Gasteiger partial charge in [-0.25, -0.2) is 4.79 Å². The van der Waals surface area contributed by atoms with Crippen LogP contribution in [0.1, 0.15) is 39.2 Å². The van der Waals surface area contributed by atoms with Crippen LogP contribution in [0.3, 0.4) is 0 Å². The van der Waals surface area contributed by atoms with Crippen LogP contribution in [0.2, 0.25) is 0 Å². The topological polar surface area (TPSA) is 78.9 Å². The van der Waals surface area contributed by atoms with Gasteiger partial charge in [0.2, 0.25) is 0 Å². The van der Waals surface area contributed by atoms with E-state index in [4.69, 9.17) is 4.74 Å². The lowest BCUT2D eigenvalue weighted by molar-refractivity contribution is -0.131. The maximum absolute atomic E-state index is 12.0. The van der Waals surface area contributed by atoms with E-state index in [1.165, 1.54) is 5.56 Å². The number of β-amino-alcohol motifs (C(OH)–C–C–N with tert-alkyl or cyclic N) is 1. The number of aliphatic hydroxyl groups is 1. The number of nitrogens with one attached hydrogen (secondary N) is 1. The normalized spacial score (nSPS) is 18.3. The molecular weight excluding hydrogens is 296 g/mol. The Bertz CT molecular complexity index is 581. The maximum atomic E-state index is 12.0. The minimum atomic E-state index is -0.941. The maximum Gasteiger partial charge on any atom is 0.325 e. The van der Waals surface area contributed by atoms with Gasteiger partial charge in [-0.15, -0.1) is 0 Å². The number of amides is 3. The fourth-order valence-electron chi connectivity index (χ4n) is 2.39. The molecular formula is C17H24N2O4. The molecule has 126 valence electrons. The molecule has 1 aliphatic heterocycles.